The molecule has 0 spiro atoms. The Kier molecular flexibility index (Phi) is 6.15. The first-order valence-corrected chi connectivity index (χ1v) is 13.1. The molecule has 0 saturated carbocycles. The highest BCUT2D eigenvalue weighted by atomic mass is 32.2. The van der Waals surface area contributed by atoms with E-state index in [9.17, 15) is 18.5 Å². The van der Waals surface area contributed by atoms with Gasteiger partial charge >= 0.3 is 0 Å². The van der Waals surface area contributed by atoms with Crippen molar-refractivity contribution in [2.24, 2.45) is 0 Å². The van der Waals surface area contributed by atoms with E-state index in [-0.39, 0.29) is 29.6 Å². The number of nitriles is 1. The summed E-state index contributed by atoms with van der Waals surface area (Å²) >= 11 is 0. The van der Waals surface area contributed by atoms with Gasteiger partial charge in [-0.1, -0.05) is 0 Å². The lowest BCUT2D eigenvalue weighted by molar-refractivity contribution is 0.0988. The first-order valence-electron chi connectivity index (χ1n) is 11.7. The largest absolute Gasteiger partial charge is 0.338 e. The number of piperazine rings is 1. The molecular formula is C25H25N7O3S. The smallest absolute Gasteiger partial charge is 0.260 e. The number of pyridine rings is 1. The highest BCUT2D eigenvalue weighted by Gasteiger charge is 2.32. The van der Waals surface area contributed by atoms with Crippen molar-refractivity contribution in [3.8, 4) is 6.07 Å². The van der Waals surface area contributed by atoms with Gasteiger partial charge in [0.15, 0.2) is 0 Å². The lowest BCUT2D eigenvalue weighted by Crippen LogP contribution is -2.49. The summed E-state index contributed by atoms with van der Waals surface area (Å²) in [5.74, 6) is 0.304. The third kappa shape index (κ3) is 4.29. The molecule has 11 heteroatoms. The van der Waals surface area contributed by atoms with Crippen LogP contribution in [0.1, 0.15) is 33.0 Å². The molecule has 0 radical (unpaired) electrons. The van der Waals surface area contributed by atoms with Gasteiger partial charge in [-0.05, 0) is 62.2 Å². The maximum atomic E-state index is 13.4. The van der Waals surface area contributed by atoms with Crippen molar-refractivity contribution in [1.82, 2.24) is 19.3 Å². The van der Waals surface area contributed by atoms with E-state index in [1.54, 1.807) is 61.3 Å². The zero-order valence-corrected chi connectivity index (χ0v) is 20.9. The number of aromatic nitrogens is 3. The van der Waals surface area contributed by atoms with E-state index in [1.165, 1.54) is 4.31 Å². The predicted octanol–water partition coefficient (Wildman–Crippen LogP) is 2.07. The number of amides is 1. The number of anilines is 2. The molecule has 3 aromatic rings. The SMILES string of the molecule is Cc1cc(C#N)nc(N2CCN(S(=O)(=O)c3ccc4c(c3)CCN4C(=O)c3cccnc3C)CC2)n1. The first-order chi connectivity index (χ1) is 17.3. The predicted molar refractivity (Wildman–Crippen MR) is 133 cm³/mol. The summed E-state index contributed by atoms with van der Waals surface area (Å²) in [7, 11) is -3.71. The molecule has 0 N–H and O–H groups in total. The highest BCUT2D eigenvalue weighted by molar-refractivity contribution is 7.89. The standard InChI is InChI=1S/C25H25N7O3S/c1-17-14-20(16-26)29-25(28-17)30-10-12-31(13-11-30)36(34,35)21-5-6-23-19(15-21)7-9-32(23)24(33)22-4-3-8-27-18(22)2/h3-6,8,14-15H,7,9-13H2,1-2H3. The van der Waals surface area contributed by atoms with E-state index in [2.05, 4.69) is 15.0 Å². The Morgan fingerprint density at radius 1 is 1.03 bits per heavy atom. The normalized spacial score (nSPS) is 16.0. The van der Waals surface area contributed by atoms with Gasteiger partial charge in [0.2, 0.25) is 16.0 Å². The number of nitrogens with zero attached hydrogens (tertiary/aromatic N) is 7. The van der Waals surface area contributed by atoms with Gasteiger partial charge in [0.05, 0.1) is 10.5 Å². The van der Waals surface area contributed by atoms with E-state index in [1.807, 2.05) is 11.0 Å². The Morgan fingerprint density at radius 2 is 1.81 bits per heavy atom. The quantitative estimate of drug-likeness (QED) is 0.530. The van der Waals surface area contributed by atoms with Crippen LogP contribution in [-0.2, 0) is 16.4 Å². The monoisotopic (exact) mass is 503 g/mol. The fourth-order valence-electron chi connectivity index (χ4n) is 4.63. The van der Waals surface area contributed by atoms with Crippen molar-refractivity contribution in [2.45, 2.75) is 25.2 Å². The van der Waals surface area contributed by atoms with Crippen LogP contribution in [0, 0.1) is 25.2 Å². The van der Waals surface area contributed by atoms with Crippen LogP contribution < -0.4 is 9.80 Å². The first kappa shape index (κ1) is 23.8. The number of hydrogen-bond donors (Lipinski definition) is 0. The van der Waals surface area contributed by atoms with Crippen molar-refractivity contribution in [1.29, 1.82) is 5.26 Å². The average Bonchev–Trinajstić information content (AvgIpc) is 3.31. The number of aryl methyl sites for hydroxylation is 2. The minimum Gasteiger partial charge on any atom is -0.338 e. The molecule has 10 nitrogen and oxygen atoms in total. The topological polar surface area (TPSA) is 123 Å². The van der Waals surface area contributed by atoms with E-state index in [4.69, 9.17) is 0 Å². The summed E-state index contributed by atoms with van der Waals surface area (Å²) < 4.78 is 28.3. The Morgan fingerprint density at radius 3 is 2.53 bits per heavy atom. The second kappa shape index (κ2) is 9.29. The molecule has 1 saturated heterocycles. The van der Waals surface area contributed by atoms with Crippen molar-refractivity contribution in [3.63, 3.8) is 0 Å². The van der Waals surface area contributed by atoms with Gasteiger partial charge in [-0.3, -0.25) is 9.78 Å². The molecule has 1 amide bonds. The van der Waals surface area contributed by atoms with E-state index >= 15 is 0 Å². The van der Waals surface area contributed by atoms with E-state index < -0.39 is 10.0 Å². The number of hydrogen-bond acceptors (Lipinski definition) is 8. The zero-order valence-electron chi connectivity index (χ0n) is 20.0. The molecule has 0 bridgehead atoms. The molecule has 0 atom stereocenters. The minimum absolute atomic E-state index is 0.135. The van der Waals surface area contributed by atoms with Crippen LogP contribution in [-0.4, -0.2) is 66.3 Å². The summed E-state index contributed by atoms with van der Waals surface area (Å²) in [6.45, 7) is 5.50. The molecule has 2 aliphatic rings. The molecule has 0 unspecified atom stereocenters. The van der Waals surface area contributed by atoms with Crippen LogP contribution in [0.3, 0.4) is 0 Å². The van der Waals surface area contributed by atoms with Crippen molar-refractivity contribution in [2.75, 3.05) is 42.5 Å². The second-order valence-electron chi connectivity index (χ2n) is 8.83. The zero-order chi connectivity index (χ0) is 25.4. The van der Waals surface area contributed by atoms with Gasteiger partial charge in [0.1, 0.15) is 11.8 Å². The molecule has 36 heavy (non-hydrogen) atoms. The number of carbonyl (C=O) groups excluding carboxylic acids is 1. The fraction of sp³-hybridized carbons (Fsp3) is 0.320. The average molecular weight is 504 g/mol. The number of benzene rings is 1. The summed E-state index contributed by atoms with van der Waals surface area (Å²) in [6.07, 6.45) is 2.24. The summed E-state index contributed by atoms with van der Waals surface area (Å²) in [5.41, 5.74) is 3.75. The Labute approximate surface area is 209 Å². The molecule has 1 aromatic carbocycles. The number of sulfonamides is 1. The summed E-state index contributed by atoms with van der Waals surface area (Å²) in [6, 6.07) is 12.1. The lowest BCUT2D eigenvalue weighted by Gasteiger charge is -2.34. The molecule has 2 aliphatic heterocycles. The molecule has 5 rings (SSSR count). The Balaban J connectivity index is 1.32. The maximum Gasteiger partial charge on any atom is 0.260 e. The molecule has 4 heterocycles. The molecule has 1 fully saturated rings. The van der Waals surface area contributed by atoms with Gasteiger partial charge in [0.25, 0.3) is 5.91 Å². The van der Waals surface area contributed by atoms with Gasteiger partial charge in [-0.2, -0.15) is 9.57 Å². The Bertz CT molecular complexity index is 1490. The third-order valence-electron chi connectivity index (χ3n) is 6.55. The number of fused-ring (bicyclic) bond motifs is 1. The van der Waals surface area contributed by atoms with E-state index in [0.29, 0.717) is 49.0 Å². The van der Waals surface area contributed by atoms with Crippen molar-refractivity contribution in [3.05, 3.63) is 70.8 Å². The third-order valence-corrected chi connectivity index (χ3v) is 8.44. The molecule has 184 valence electrons. The van der Waals surface area contributed by atoms with Crippen LogP contribution in [0.4, 0.5) is 11.6 Å². The number of carbonyl (C=O) groups is 1. The Hall–Kier alpha value is -3.88. The molecule has 0 aliphatic carbocycles. The van der Waals surface area contributed by atoms with Crippen LogP contribution in [0.15, 0.2) is 47.5 Å². The highest BCUT2D eigenvalue weighted by Crippen LogP contribution is 2.32. The van der Waals surface area contributed by atoms with Crippen LogP contribution in [0.5, 0.6) is 0 Å². The van der Waals surface area contributed by atoms with Crippen molar-refractivity contribution < 1.29 is 13.2 Å². The second-order valence-corrected chi connectivity index (χ2v) is 10.8. The van der Waals surface area contributed by atoms with Crippen LogP contribution in [0.2, 0.25) is 0 Å². The van der Waals surface area contributed by atoms with Gasteiger partial charge in [-0.15, -0.1) is 0 Å². The van der Waals surface area contributed by atoms with Gasteiger partial charge in [0, 0.05) is 56.0 Å². The maximum absolute atomic E-state index is 13.4. The van der Waals surface area contributed by atoms with E-state index in [0.717, 1.165) is 11.3 Å². The molecular weight excluding hydrogens is 478 g/mol. The van der Waals surface area contributed by atoms with Gasteiger partial charge in [-0.25, -0.2) is 18.4 Å². The molecule has 2 aromatic heterocycles. The summed E-state index contributed by atoms with van der Waals surface area (Å²) in [4.78, 5) is 29.8. The van der Waals surface area contributed by atoms with Crippen LogP contribution >= 0.6 is 0 Å². The van der Waals surface area contributed by atoms with Crippen molar-refractivity contribution >= 4 is 27.6 Å². The lowest BCUT2D eigenvalue weighted by atomic mass is 10.1. The number of rotatable bonds is 4. The van der Waals surface area contributed by atoms with Crippen LogP contribution in [0.25, 0.3) is 0 Å². The summed E-state index contributed by atoms with van der Waals surface area (Å²) in [5, 5.41) is 9.17. The fourth-order valence-corrected chi connectivity index (χ4v) is 6.11. The minimum atomic E-state index is -3.71. The van der Waals surface area contributed by atoms with Gasteiger partial charge < -0.3 is 9.80 Å².